The van der Waals surface area contributed by atoms with Crippen LogP contribution in [-0.4, -0.2) is 46.8 Å². The van der Waals surface area contributed by atoms with Crippen molar-refractivity contribution in [3.05, 3.63) is 179 Å². The summed E-state index contributed by atoms with van der Waals surface area (Å²) in [6, 6.07) is 46.6. The first-order chi connectivity index (χ1) is 28.8. The zero-order valence-corrected chi connectivity index (χ0v) is 34.9. The van der Waals surface area contributed by atoms with Gasteiger partial charge in [-0.3, -0.25) is 9.36 Å². The summed E-state index contributed by atoms with van der Waals surface area (Å²) < 4.78 is 15.0. The van der Waals surface area contributed by atoms with Crippen molar-refractivity contribution in [3.63, 3.8) is 0 Å². The van der Waals surface area contributed by atoms with E-state index in [1.54, 1.807) is 39.2 Å². The van der Waals surface area contributed by atoms with Gasteiger partial charge in [0, 0.05) is 12.0 Å². The van der Waals surface area contributed by atoms with Crippen LogP contribution >= 0.6 is 0 Å². The van der Waals surface area contributed by atoms with Crippen LogP contribution in [-0.2, 0) is 45.2 Å². The van der Waals surface area contributed by atoms with E-state index in [-0.39, 0.29) is 24.7 Å². The summed E-state index contributed by atoms with van der Waals surface area (Å²) in [5.74, 6) is 0.00263. The van der Waals surface area contributed by atoms with Gasteiger partial charge in [-0.1, -0.05) is 146 Å². The number of esters is 2. The highest BCUT2D eigenvalue weighted by Gasteiger charge is 2.42. The molecular formula is C49H50N6O5. The quantitative estimate of drug-likeness (QED) is 0.0844. The molecule has 0 bridgehead atoms. The molecule has 0 saturated heterocycles. The summed E-state index contributed by atoms with van der Waals surface area (Å²) in [5, 5.41) is 24.9. The zero-order valence-electron chi connectivity index (χ0n) is 34.9. The number of hydrogen-bond donors (Lipinski definition) is 1. The van der Waals surface area contributed by atoms with Crippen LogP contribution in [0.4, 0.5) is 0 Å². The molecule has 5 aromatic carbocycles. The number of tetrazole rings is 1. The lowest BCUT2D eigenvalue weighted by Gasteiger charge is -2.36. The highest BCUT2D eigenvalue weighted by Crippen LogP contribution is 2.43. The van der Waals surface area contributed by atoms with Gasteiger partial charge in [-0.2, -0.15) is 0 Å². The highest BCUT2D eigenvalue weighted by molar-refractivity contribution is 5.89. The summed E-state index contributed by atoms with van der Waals surface area (Å²) in [6.45, 7) is 10.2. The van der Waals surface area contributed by atoms with Crippen LogP contribution in [0.25, 0.3) is 22.5 Å². The number of carbonyl (C=O) groups excluding carboxylic acids is 2. The second-order valence-corrected chi connectivity index (χ2v) is 16.3. The number of aromatic nitrogens is 6. The minimum Gasteiger partial charge on any atom is -0.456 e. The minimum absolute atomic E-state index is 0.0152. The molecule has 0 saturated carbocycles. The highest BCUT2D eigenvalue weighted by atomic mass is 16.5. The molecule has 60 heavy (non-hydrogen) atoms. The van der Waals surface area contributed by atoms with E-state index in [0.717, 1.165) is 45.4 Å². The lowest BCUT2D eigenvalue weighted by atomic mass is 9.77. The molecule has 0 atom stereocenters. The SMILES string of the molecule is CCCc1nc(C(=O)OCc2ccc(-c3ccccc3-c3nnnn3C(c3ccccc3)(c3ccccc3)c3ccccc3)cc2)c(C(C)(C)O)n1COC(=O)C(C)(C)C. The van der Waals surface area contributed by atoms with Crippen molar-refractivity contribution in [3.8, 4) is 22.5 Å². The fourth-order valence-corrected chi connectivity index (χ4v) is 7.57. The topological polar surface area (TPSA) is 134 Å². The van der Waals surface area contributed by atoms with E-state index >= 15 is 0 Å². The van der Waals surface area contributed by atoms with Crippen molar-refractivity contribution in [2.24, 2.45) is 5.41 Å². The van der Waals surface area contributed by atoms with Crippen LogP contribution in [0.5, 0.6) is 0 Å². The maximum atomic E-state index is 13.7. The van der Waals surface area contributed by atoms with Crippen LogP contribution in [0.1, 0.15) is 92.2 Å². The number of hydrogen-bond acceptors (Lipinski definition) is 9. The van der Waals surface area contributed by atoms with Gasteiger partial charge in [0.2, 0.25) is 0 Å². The van der Waals surface area contributed by atoms with Gasteiger partial charge in [0.05, 0.1) is 11.1 Å². The molecule has 7 rings (SSSR count). The number of aryl methyl sites for hydroxylation is 1. The van der Waals surface area contributed by atoms with Crippen LogP contribution in [0.2, 0.25) is 0 Å². The van der Waals surface area contributed by atoms with E-state index in [1.807, 2.05) is 115 Å². The Morgan fingerprint density at radius 1 is 0.683 bits per heavy atom. The van der Waals surface area contributed by atoms with Crippen molar-refractivity contribution in [2.45, 2.75) is 78.9 Å². The van der Waals surface area contributed by atoms with E-state index < -0.39 is 28.5 Å². The number of ether oxygens (including phenoxy) is 2. The molecule has 0 fully saturated rings. The second kappa shape index (κ2) is 17.2. The number of carbonyl (C=O) groups is 2. The van der Waals surface area contributed by atoms with Crippen LogP contribution in [0.3, 0.4) is 0 Å². The zero-order chi connectivity index (χ0) is 42.5. The summed E-state index contributed by atoms with van der Waals surface area (Å²) in [7, 11) is 0. The largest absolute Gasteiger partial charge is 0.456 e. The van der Waals surface area contributed by atoms with E-state index in [9.17, 15) is 14.7 Å². The fourth-order valence-electron chi connectivity index (χ4n) is 7.57. The first kappa shape index (κ1) is 41.4. The Balaban J connectivity index is 1.20. The van der Waals surface area contributed by atoms with Gasteiger partial charge in [0.1, 0.15) is 23.6 Å². The van der Waals surface area contributed by atoms with Gasteiger partial charge >= 0.3 is 11.9 Å². The molecule has 0 aliphatic heterocycles. The molecule has 0 radical (unpaired) electrons. The average molecular weight is 803 g/mol. The molecule has 0 amide bonds. The van der Waals surface area contributed by atoms with Crippen molar-refractivity contribution in [1.29, 1.82) is 0 Å². The lowest BCUT2D eigenvalue weighted by Crippen LogP contribution is -2.39. The van der Waals surface area contributed by atoms with E-state index in [0.29, 0.717) is 18.1 Å². The summed E-state index contributed by atoms with van der Waals surface area (Å²) >= 11 is 0. The molecule has 0 aliphatic carbocycles. The standard InChI is InChI=1S/C49H50N6O5/c1-7-19-41-50-42(43(48(5,6)58)54(41)33-60-46(57)47(2,3)4)45(56)59-32-34-28-30-35(31-29-34)39-26-17-18-27-40(39)44-51-52-53-55(44)49(36-20-11-8-12-21-36,37-22-13-9-14-23-37)38-24-15-10-16-25-38/h8-18,20-31,58H,7,19,32-33H2,1-6H3. The number of rotatable bonds is 14. The molecule has 7 aromatic rings. The number of aliphatic hydroxyl groups is 1. The third kappa shape index (κ3) is 8.26. The maximum absolute atomic E-state index is 13.7. The van der Waals surface area contributed by atoms with Crippen molar-refractivity contribution in [1.82, 2.24) is 29.8 Å². The van der Waals surface area contributed by atoms with Gasteiger partial charge in [0.15, 0.2) is 18.2 Å². The molecule has 306 valence electrons. The Labute approximate surface area is 350 Å². The Hall–Kier alpha value is -6.72. The maximum Gasteiger partial charge on any atom is 0.359 e. The molecule has 11 heteroatoms. The Morgan fingerprint density at radius 2 is 1.22 bits per heavy atom. The fraction of sp³-hybridized carbons (Fsp3) is 0.265. The average Bonchev–Trinajstić information content (AvgIpc) is 3.89. The molecule has 0 spiro atoms. The number of benzene rings is 5. The summed E-state index contributed by atoms with van der Waals surface area (Å²) in [6.07, 6.45) is 1.23. The number of nitrogens with zero attached hydrogens (tertiary/aromatic N) is 6. The van der Waals surface area contributed by atoms with Crippen molar-refractivity contribution >= 4 is 11.9 Å². The number of imidazole rings is 1. The molecule has 11 nitrogen and oxygen atoms in total. The summed E-state index contributed by atoms with van der Waals surface area (Å²) in [5.41, 5.74) is 3.49. The predicted molar refractivity (Wildman–Crippen MR) is 229 cm³/mol. The molecule has 0 unspecified atom stereocenters. The summed E-state index contributed by atoms with van der Waals surface area (Å²) in [4.78, 5) is 31.0. The van der Waals surface area contributed by atoms with Crippen molar-refractivity contribution in [2.75, 3.05) is 0 Å². The first-order valence-electron chi connectivity index (χ1n) is 20.1. The van der Waals surface area contributed by atoms with Gasteiger partial charge in [-0.25, -0.2) is 14.5 Å². The van der Waals surface area contributed by atoms with Crippen LogP contribution in [0.15, 0.2) is 140 Å². The van der Waals surface area contributed by atoms with Gasteiger partial charge in [-0.05, 0) is 84.8 Å². The normalized spacial score (nSPS) is 12.0. The van der Waals surface area contributed by atoms with E-state index in [1.165, 1.54) is 0 Å². The Kier molecular flexibility index (Phi) is 11.9. The molecule has 2 heterocycles. The van der Waals surface area contributed by atoms with Gasteiger partial charge in [-0.15, -0.1) is 5.10 Å². The molecule has 2 aromatic heterocycles. The first-order valence-corrected chi connectivity index (χ1v) is 20.1. The Bertz CT molecular complexity index is 2460. The van der Waals surface area contributed by atoms with Crippen molar-refractivity contribution < 1.29 is 24.2 Å². The Morgan fingerprint density at radius 3 is 1.73 bits per heavy atom. The lowest BCUT2D eigenvalue weighted by molar-refractivity contribution is -0.157. The van der Waals surface area contributed by atoms with Gasteiger partial charge in [0.25, 0.3) is 0 Å². The molecule has 1 N–H and O–H groups in total. The second-order valence-electron chi connectivity index (χ2n) is 16.3. The third-order valence-corrected chi connectivity index (χ3v) is 10.4. The van der Waals surface area contributed by atoms with Gasteiger partial charge < -0.3 is 14.6 Å². The predicted octanol–water partition coefficient (Wildman–Crippen LogP) is 9.13. The molecular weight excluding hydrogens is 753 g/mol. The van der Waals surface area contributed by atoms with Crippen LogP contribution in [0, 0.1) is 5.41 Å². The van der Waals surface area contributed by atoms with E-state index in [4.69, 9.17) is 14.7 Å². The monoisotopic (exact) mass is 802 g/mol. The van der Waals surface area contributed by atoms with Crippen LogP contribution < -0.4 is 0 Å². The van der Waals surface area contributed by atoms with E-state index in [2.05, 4.69) is 51.7 Å². The minimum atomic E-state index is -1.49. The smallest absolute Gasteiger partial charge is 0.359 e. The third-order valence-electron chi connectivity index (χ3n) is 10.4. The molecule has 0 aliphatic rings.